The summed E-state index contributed by atoms with van der Waals surface area (Å²) in [6.07, 6.45) is 1.38. The molecule has 3 rings (SSSR count). The van der Waals surface area contributed by atoms with Crippen molar-refractivity contribution in [2.45, 2.75) is 0 Å². The van der Waals surface area contributed by atoms with E-state index in [4.69, 9.17) is 16.9 Å². The molecule has 0 aliphatic carbocycles. The maximum absolute atomic E-state index is 12.4. The van der Waals surface area contributed by atoms with Crippen LogP contribution in [-0.2, 0) is 9.59 Å². The maximum Gasteiger partial charge on any atom is 0.255 e. The van der Waals surface area contributed by atoms with Gasteiger partial charge in [-0.15, -0.1) is 0 Å². The Bertz CT molecular complexity index is 846. The molecule has 1 unspecified atom stereocenters. The van der Waals surface area contributed by atoms with E-state index in [1.807, 2.05) is 12.1 Å². The van der Waals surface area contributed by atoms with Crippen LogP contribution in [0.25, 0.3) is 0 Å². The van der Waals surface area contributed by atoms with E-state index >= 15 is 0 Å². The molecule has 0 spiro atoms. The number of aromatic nitrogens is 1. The standard InChI is InChI=1S/C15H12ClN5O2S/c1-20-14(23)12(8-21(20)10-4-2-3-9(16)5-10)13(22)19-15-18-7-11(6-17)24-15/h2-5,7,12H,8H2,1H3,(H,18,19,22). The lowest BCUT2D eigenvalue weighted by Gasteiger charge is -2.25. The Morgan fingerprint density at radius 3 is 3.00 bits per heavy atom. The quantitative estimate of drug-likeness (QED) is 0.846. The Kier molecular flexibility index (Phi) is 4.38. The number of benzene rings is 1. The Hall–Kier alpha value is -2.63. The molecule has 1 aromatic carbocycles. The monoisotopic (exact) mass is 361 g/mol. The normalized spacial score (nSPS) is 17.0. The Morgan fingerprint density at radius 1 is 1.54 bits per heavy atom. The lowest BCUT2D eigenvalue weighted by Crippen LogP contribution is -2.35. The van der Waals surface area contributed by atoms with Gasteiger partial charge in [0.25, 0.3) is 5.91 Å². The minimum atomic E-state index is -0.858. The SMILES string of the molecule is CN1C(=O)C(C(=O)Nc2ncc(C#N)s2)CN1c1cccc(Cl)c1. The molecule has 1 N–H and O–H groups in total. The lowest BCUT2D eigenvalue weighted by atomic mass is 10.1. The predicted molar refractivity (Wildman–Crippen MR) is 90.5 cm³/mol. The van der Waals surface area contributed by atoms with E-state index in [0.29, 0.717) is 15.0 Å². The number of halogens is 1. The topological polar surface area (TPSA) is 89.3 Å². The van der Waals surface area contributed by atoms with Crippen molar-refractivity contribution in [3.05, 3.63) is 40.4 Å². The van der Waals surface area contributed by atoms with Crippen LogP contribution in [0.4, 0.5) is 10.8 Å². The molecule has 1 aromatic heterocycles. The van der Waals surface area contributed by atoms with Crippen molar-refractivity contribution in [3.8, 4) is 6.07 Å². The molecule has 122 valence electrons. The van der Waals surface area contributed by atoms with E-state index < -0.39 is 11.8 Å². The molecule has 1 aliphatic heterocycles. The first-order valence-corrected chi connectivity index (χ1v) is 8.16. The van der Waals surface area contributed by atoms with Gasteiger partial charge in [0.15, 0.2) is 5.13 Å². The molecular weight excluding hydrogens is 350 g/mol. The van der Waals surface area contributed by atoms with E-state index in [1.165, 1.54) is 11.2 Å². The highest BCUT2D eigenvalue weighted by atomic mass is 35.5. The zero-order chi connectivity index (χ0) is 17.3. The average Bonchev–Trinajstić information content (AvgIpc) is 3.13. The van der Waals surface area contributed by atoms with Crippen LogP contribution >= 0.6 is 22.9 Å². The summed E-state index contributed by atoms with van der Waals surface area (Å²) >= 11 is 7.05. The number of amides is 2. The molecule has 9 heteroatoms. The van der Waals surface area contributed by atoms with E-state index in [-0.39, 0.29) is 12.5 Å². The van der Waals surface area contributed by atoms with Gasteiger partial charge in [0.05, 0.1) is 18.4 Å². The molecule has 24 heavy (non-hydrogen) atoms. The zero-order valence-electron chi connectivity index (χ0n) is 12.6. The van der Waals surface area contributed by atoms with Gasteiger partial charge in [-0.3, -0.25) is 19.6 Å². The largest absolute Gasteiger partial charge is 0.301 e. The smallest absolute Gasteiger partial charge is 0.255 e. The molecular formula is C15H12ClN5O2S. The van der Waals surface area contributed by atoms with Crippen LogP contribution in [0.5, 0.6) is 0 Å². The minimum Gasteiger partial charge on any atom is -0.301 e. The van der Waals surface area contributed by atoms with E-state index in [9.17, 15) is 9.59 Å². The summed E-state index contributed by atoms with van der Waals surface area (Å²) < 4.78 is 0. The third-order valence-electron chi connectivity index (χ3n) is 3.60. The molecule has 1 saturated heterocycles. The second-order valence-corrected chi connectivity index (χ2v) is 6.57. The summed E-state index contributed by atoms with van der Waals surface area (Å²) in [5.74, 6) is -1.62. The summed E-state index contributed by atoms with van der Waals surface area (Å²) in [4.78, 5) is 29.1. The van der Waals surface area contributed by atoms with Crippen LogP contribution < -0.4 is 10.3 Å². The number of hydrazine groups is 1. The predicted octanol–water partition coefficient (Wildman–Crippen LogP) is 2.12. The first-order chi connectivity index (χ1) is 11.5. The summed E-state index contributed by atoms with van der Waals surface area (Å²) in [6.45, 7) is 0.206. The van der Waals surface area contributed by atoms with Crippen LogP contribution in [-0.4, -0.2) is 35.4 Å². The number of nitrogens with zero attached hydrogens (tertiary/aromatic N) is 4. The summed E-state index contributed by atoms with van der Waals surface area (Å²) in [5.41, 5.74) is 0.731. The lowest BCUT2D eigenvalue weighted by molar-refractivity contribution is -0.134. The van der Waals surface area contributed by atoms with Crippen molar-refractivity contribution >= 4 is 45.6 Å². The Balaban J connectivity index is 1.76. The number of carbonyl (C=O) groups excluding carboxylic acids is 2. The third kappa shape index (κ3) is 3.04. The van der Waals surface area contributed by atoms with E-state index in [1.54, 1.807) is 30.3 Å². The number of hydrogen-bond acceptors (Lipinski definition) is 6. The zero-order valence-corrected chi connectivity index (χ0v) is 14.1. The third-order valence-corrected chi connectivity index (χ3v) is 4.66. The average molecular weight is 362 g/mol. The highest BCUT2D eigenvalue weighted by molar-refractivity contribution is 7.16. The van der Waals surface area contributed by atoms with Crippen molar-refractivity contribution in [1.29, 1.82) is 5.26 Å². The van der Waals surface area contributed by atoms with Gasteiger partial charge in [-0.1, -0.05) is 29.0 Å². The van der Waals surface area contributed by atoms with Crippen molar-refractivity contribution in [2.75, 3.05) is 23.9 Å². The second kappa shape index (κ2) is 6.47. The maximum atomic E-state index is 12.4. The van der Waals surface area contributed by atoms with Gasteiger partial charge in [0, 0.05) is 12.1 Å². The fourth-order valence-corrected chi connectivity index (χ4v) is 3.21. The Morgan fingerprint density at radius 2 is 2.33 bits per heavy atom. The number of thiazole rings is 1. The highest BCUT2D eigenvalue weighted by Gasteiger charge is 2.41. The fraction of sp³-hybridized carbons (Fsp3) is 0.200. The Labute approximate surface area is 147 Å². The molecule has 7 nitrogen and oxygen atoms in total. The van der Waals surface area contributed by atoms with Gasteiger partial charge >= 0.3 is 0 Å². The molecule has 0 saturated carbocycles. The molecule has 2 heterocycles. The van der Waals surface area contributed by atoms with Crippen molar-refractivity contribution in [2.24, 2.45) is 5.92 Å². The van der Waals surface area contributed by atoms with Gasteiger partial charge in [0.1, 0.15) is 16.9 Å². The highest BCUT2D eigenvalue weighted by Crippen LogP contribution is 2.28. The molecule has 1 fully saturated rings. The van der Waals surface area contributed by atoms with E-state index in [0.717, 1.165) is 17.0 Å². The number of nitriles is 1. The minimum absolute atomic E-state index is 0.206. The van der Waals surface area contributed by atoms with Crippen molar-refractivity contribution in [3.63, 3.8) is 0 Å². The van der Waals surface area contributed by atoms with Gasteiger partial charge in [-0.25, -0.2) is 4.98 Å². The molecule has 0 radical (unpaired) electrons. The van der Waals surface area contributed by atoms with Gasteiger partial charge in [-0.2, -0.15) is 5.26 Å². The van der Waals surface area contributed by atoms with Crippen LogP contribution in [0.15, 0.2) is 30.5 Å². The van der Waals surface area contributed by atoms with Gasteiger partial charge in [0.2, 0.25) is 5.91 Å². The molecule has 0 bridgehead atoms. The molecule has 1 aliphatic rings. The van der Waals surface area contributed by atoms with Crippen LogP contribution in [0.3, 0.4) is 0 Å². The summed E-state index contributed by atoms with van der Waals surface area (Å²) in [7, 11) is 1.60. The van der Waals surface area contributed by atoms with Crippen LogP contribution in [0.2, 0.25) is 5.02 Å². The van der Waals surface area contributed by atoms with Crippen molar-refractivity contribution < 1.29 is 9.59 Å². The molecule has 1 atom stereocenters. The van der Waals surface area contributed by atoms with Crippen LogP contribution in [0.1, 0.15) is 4.88 Å². The first-order valence-electron chi connectivity index (χ1n) is 6.97. The first kappa shape index (κ1) is 16.2. The molecule has 2 amide bonds. The fourth-order valence-electron chi connectivity index (χ4n) is 2.40. The molecule has 2 aromatic rings. The number of hydrogen-bond donors (Lipinski definition) is 1. The number of rotatable bonds is 3. The second-order valence-electron chi connectivity index (χ2n) is 5.11. The number of anilines is 2. The summed E-state index contributed by atoms with van der Waals surface area (Å²) in [5, 5.41) is 15.3. The van der Waals surface area contributed by atoms with Crippen molar-refractivity contribution in [1.82, 2.24) is 9.99 Å². The van der Waals surface area contributed by atoms with E-state index in [2.05, 4.69) is 10.3 Å². The van der Waals surface area contributed by atoms with Crippen LogP contribution in [0, 0.1) is 17.2 Å². The van der Waals surface area contributed by atoms with Gasteiger partial charge < -0.3 is 5.32 Å². The summed E-state index contributed by atoms with van der Waals surface area (Å²) in [6, 6.07) is 9.01. The number of carbonyl (C=O) groups is 2. The number of nitrogens with one attached hydrogen (secondary N) is 1. The van der Waals surface area contributed by atoms with Gasteiger partial charge in [-0.05, 0) is 18.2 Å².